The Balaban J connectivity index is 1.64. The van der Waals surface area contributed by atoms with E-state index in [0.717, 1.165) is 15.6 Å². The standard InChI is InChI=1S/C19H23N3O3S/c1-11-18(26-14(4)20-11)12(2)21-17(23)9-10-22-15-7-5-6-8-16(15)25-13(3)19(22)24/h5-8,12-13H,9-10H2,1-4H3,(H,21,23)/t12-,13+/m1/s1. The average molecular weight is 373 g/mol. The van der Waals surface area contributed by atoms with E-state index in [4.69, 9.17) is 4.74 Å². The van der Waals surface area contributed by atoms with Crippen molar-refractivity contribution in [2.24, 2.45) is 0 Å². The second-order valence-electron chi connectivity index (χ2n) is 6.44. The Bertz CT molecular complexity index is 833. The van der Waals surface area contributed by atoms with Crippen LogP contribution in [0.1, 0.15) is 41.9 Å². The van der Waals surface area contributed by atoms with Gasteiger partial charge in [0.2, 0.25) is 5.91 Å². The highest BCUT2D eigenvalue weighted by molar-refractivity contribution is 7.11. The molecular weight excluding hydrogens is 350 g/mol. The van der Waals surface area contributed by atoms with Crippen molar-refractivity contribution < 1.29 is 14.3 Å². The molecule has 0 radical (unpaired) electrons. The number of carbonyl (C=O) groups excluding carboxylic acids is 2. The van der Waals surface area contributed by atoms with Gasteiger partial charge in [0.1, 0.15) is 5.75 Å². The van der Waals surface area contributed by atoms with Gasteiger partial charge in [-0.2, -0.15) is 0 Å². The van der Waals surface area contributed by atoms with Gasteiger partial charge in [-0.05, 0) is 39.8 Å². The summed E-state index contributed by atoms with van der Waals surface area (Å²) in [5.74, 6) is 0.454. The molecule has 6 nitrogen and oxygen atoms in total. The first-order valence-corrected chi connectivity index (χ1v) is 9.49. The summed E-state index contributed by atoms with van der Waals surface area (Å²) in [6.45, 7) is 7.91. The number of benzene rings is 1. The zero-order valence-electron chi connectivity index (χ0n) is 15.4. The van der Waals surface area contributed by atoms with Crippen LogP contribution < -0.4 is 15.0 Å². The molecule has 7 heteroatoms. The van der Waals surface area contributed by atoms with Crippen LogP contribution in [-0.2, 0) is 9.59 Å². The number of hydrogen-bond donors (Lipinski definition) is 1. The zero-order valence-corrected chi connectivity index (χ0v) is 16.2. The summed E-state index contributed by atoms with van der Waals surface area (Å²) in [5, 5.41) is 3.99. The largest absolute Gasteiger partial charge is 0.479 e. The molecule has 138 valence electrons. The molecule has 0 saturated carbocycles. The molecule has 1 aromatic carbocycles. The number of rotatable bonds is 5. The molecule has 0 unspecified atom stereocenters. The monoisotopic (exact) mass is 373 g/mol. The molecular formula is C19H23N3O3S. The lowest BCUT2D eigenvalue weighted by molar-refractivity contribution is -0.125. The van der Waals surface area contributed by atoms with Crippen LogP contribution in [-0.4, -0.2) is 29.4 Å². The summed E-state index contributed by atoms with van der Waals surface area (Å²) in [4.78, 5) is 32.0. The number of para-hydroxylation sites is 2. The number of nitrogens with zero attached hydrogens (tertiary/aromatic N) is 2. The molecule has 1 aliphatic heterocycles. The van der Waals surface area contributed by atoms with Crippen molar-refractivity contribution in [3.63, 3.8) is 0 Å². The Morgan fingerprint density at radius 2 is 2.12 bits per heavy atom. The van der Waals surface area contributed by atoms with Crippen LogP contribution in [0.3, 0.4) is 0 Å². The van der Waals surface area contributed by atoms with Crippen LogP contribution >= 0.6 is 11.3 Å². The molecule has 0 fully saturated rings. The minimum Gasteiger partial charge on any atom is -0.479 e. The van der Waals surface area contributed by atoms with E-state index >= 15 is 0 Å². The number of ether oxygens (including phenoxy) is 1. The topological polar surface area (TPSA) is 71.5 Å². The number of aromatic nitrogens is 1. The Kier molecular flexibility index (Phi) is 5.27. The van der Waals surface area contributed by atoms with Gasteiger partial charge in [-0.25, -0.2) is 4.98 Å². The third-order valence-electron chi connectivity index (χ3n) is 4.35. The normalized spacial score (nSPS) is 17.5. The van der Waals surface area contributed by atoms with Gasteiger partial charge in [-0.3, -0.25) is 9.59 Å². The number of anilines is 1. The predicted molar refractivity (Wildman–Crippen MR) is 102 cm³/mol. The first-order valence-electron chi connectivity index (χ1n) is 8.67. The molecule has 1 aromatic heterocycles. The SMILES string of the molecule is Cc1nc(C)c([C@@H](C)NC(=O)CCN2C(=O)[C@H](C)Oc3ccccc32)s1. The first-order chi connectivity index (χ1) is 12.4. The van der Waals surface area contributed by atoms with Gasteiger partial charge in [0, 0.05) is 17.8 Å². The summed E-state index contributed by atoms with van der Waals surface area (Å²) in [6, 6.07) is 7.30. The molecule has 26 heavy (non-hydrogen) atoms. The van der Waals surface area contributed by atoms with Crippen LogP contribution in [0.25, 0.3) is 0 Å². The Labute approximate surface area is 157 Å². The number of nitrogens with one attached hydrogen (secondary N) is 1. The molecule has 2 heterocycles. The molecule has 2 atom stereocenters. The van der Waals surface area contributed by atoms with Crippen molar-refractivity contribution in [2.45, 2.75) is 46.3 Å². The molecule has 2 aromatic rings. The number of carbonyl (C=O) groups is 2. The Hall–Kier alpha value is -2.41. The summed E-state index contributed by atoms with van der Waals surface area (Å²) in [5.41, 5.74) is 1.66. The fourth-order valence-electron chi connectivity index (χ4n) is 3.13. The second-order valence-corrected chi connectivity index (χ2v) is 7.67. The van der Waals surface area contributed by atoms with E-state index in [0.29, 0.717) is 18.0 Å². The van der Waals surface area contributed by atoms with Crippen molar-refractivity contribution >= 4 is 28.8 Å². The zero-order chi connectivity index (χ0) is 18.8. The molecule has 1 aliphatic rings. The van der Waals surface area contributed by atoms with E-state index in [1.165, 1.54) is 0 Å². The molecule has 3 rings (SSSR count). The van der Waals surface area contributed by atoms with Crippen LogP contribution in [0, 0.1) is 13.8 Å². The van der Waals surface area contributed by atoms with E-state index in [1.54, 1.807) is 23.2 Å². The Morgan fingerprint density at radius 3 is 2.81 bits per heavy atom. The van der Waals surface area contributed by atoms with Gasteiger partial charge >= 0.3 is 0 Å². The van der Waals surface area contributed by atoms with Crippen molar-refractivity contribution in [3.8, 4) is 5.75 Å². The fraction of sp³-hybridized carbons (Fsp3) is 0.421. The Morgan fingerprint density at radius 1 is 1.38 bits per heavy atom. The molecule has 0 spiro atoms. The number of hydrogen-bond acceptors (Lipinski definition) is 5. The smallest absolute Gasteiger partial charge is 0.267 e. The highest BCUT2D eigenvalue weighted by atomic mass is 32.1. The minimum atomic E-state index is -0.547. The van der Waals surface area contributed by atoms with Gasteiger partial charge in [0.05, 0.1) is 22.4 Å². The van der Waals surface area contributed by atoms with Crippen molar-refractivity contribution in [3.05, 3.63) is 39.8 Å². The first kappa shape index (κ1) is 18.4. The van der Waals surface area contributed by atoms with Crippen LogP contribution in [0.2, 0.25) is 0 Å². The van der Waals surface area contributed by atoms with Crippen molar-refractivity contribution in [1.29, 1.82) is 0 Å². The molecule has 2 amide bonds. The fourth-order valence-corrected chi connectivity index (χ4v) is 4.06. The van der Waals surface area contributed by atoms with Crippen LogP contribution in [0.5, 0.6) is 5.75 Å². The number of fused-ring (bicyclic) bond motifs is 1. The number of thiazole rings is 1. The van der Waals surface area contributed by atoms with Crippen molar-refractivity contribution in [1.82, 2.24) is 10.3 Å². The van der Waals surface area contributed by atoms with E-state index in [2.05, 4.69) is 10.3 Å². The summed E-state index contributed by atoms with van der Waals surface area (Å²) < 4.78 is 5.62. The maximum absolute atomic E-state index is 12.5. The minimum absolute atomic E-state index is 0.0904. The van der Waals surface area contributed by atoms with Gasteiger partial charge in [0.15, 0.2) is 6.10 Å². The third-order valence-corrected chi connectivity index (χ3v) is 5.60. The average Bonchev–Trinajstić information content (AvgIpc) is 2.94. The number of amides is 2. The summed E-state index contributed by atoms with van der Waals surface area (Å²) in [6.07, 6.45) is -0.316. The lowest BCUT2D eigenvalue weighted by atomic mass is 10.1. The van der Waals surface area contributed by atoms with E-state index in [1.807, 2.05) is 45.0 Å². The number of aryl methyl sites for hydroxylation is 2. The van der Waals surface area contributed by atoms with E-state index < -0.39 is 6.10 Å². The third kappa shape index (κ3) is 3.72. The molecule has 1 N–H and O–H groups in total. The van der Waals surface area contributed by atoms with Gasteiger partial charge < -0.3 is 15.0 Å². The van der Waals surface area contributed by atoms with Crippen LogP contribution in [0.15, 0.2) is 24.3 Å². The predicted octanol–water partition coefficient (Wildman–Crippen LogP) is 3.14. The van der Waals surface area contributed by atoms with Gasteiger partial charge in [-0.15, -0.1) is 11.3 Å². The maximum atomic E-state index is 12.5. The van der Waals surface area contributed by atoms with Crippen LogP contribution in [0.4, 0.5) is 5.69 Å². The molecule has 0 bridgehead atoms. The van der Waals surface area contributed by atoms with E-state index in [-0.39, 0.29) is 24.3 Å². The molecule has 0 aliphatic carbocycles. The van der Waals surface area contributed by atoms with Gasteiger partial charge in [0.25, 0.3) is 5.91 Å². The summed E-state index contributed by atoms with van der Waals surface area (Å²) in [7, 11) is 0. The quantitative estimate of drug-likeness (QED) is 0.874. The van der Waals surface area contributed by atoms with E-state index in [9.17, 15) is 9.59 Å². The highest BCUT2D eigenvalue weighted by Crippen LogP contribution is 2.33. The second kappa shape index (κ2) is 7.45. The summed E-state index contributed by atoms with van der Waals surface area (Å²) >= 11 is 1.60. The lowest BCUT2D eigenvalue weighted by Gasteiger charge is -2.32. The maximum Gasteiger partial charge on any atom is 0.267 e. The highest BCUT2D eigenvalue weighted by Gasteiger charge is 2.31. The van der Waals surface area contributed by atoms with Gasteiger partial charge in [-0.1, -0.05) is 12.1 Å². The molecule has 0 saturated heterocycles. The van der Waals surface area contributed by atoms with Crippen molar-refractivity contribution in [2.75, 3.05) is 11.4 Å². The lowest BCUT2D eigenvalue weighted by Crippen LogP contribution is -2.45.